The van der Waals surface area contributed by atoms with Gasteiger partial charge in [-0.05, 0) is 38.0 Å². The standard InChI is InChI=1S/C15H26N4/c1-11(2)13-5-4-7-19(8-6-13)15-17-10-14(9-16)12(3)18-15/h10-11,13H,4-9,16H2,1-3H3. The molecule has 1 aliphatic rings. The Kier molecular flexibility index (Phi) is 4.75. The zero-order chi connectivity index (χ0) is 13.8. The molecule has 1 fully saturated rings. The molecule has 1 atom stereocenters. The Bertz CT molecular complexity index is 417. The van der Waals surface area contributed by atoms with Crippen LogP contribution in [0.4, 0.5) is 5.95 Å². The van der Waals surface area contributed by atoms with Crippen molar-refractivity contribution in [3.63, 3.8) is 0 Å². The fourth-order valence-corrected chi connectivity index (χ4v) is 2.82. The molecule has 0 amide bonds. The topological polar surface area (TPSA) is 55.0 Å². The van der Waals surface area contributed by atoms with Gasteiger partial charge in [-0.3, -0.25) is 0 Å². The first-order valence-corrected chi connectivity index (χ1v) is 7.39. The molecule has 2 N–H and O–H groups in total. The van der Waals surface area contributed by atoms with Crippen molar-refractivity contribution in [2.45, 2.75) is 46.6 Å². The minimum Gasteiger partial charge on any atom is -0.341 e. The van der Waals surface area contributed by atoms with Crippen LogP contribution in [-0.2, 0) is 6.54 Å². The first kappa shape index (κ1) is 14.3. The van der Waals surface area contributed by atoms with Crippen molar-refractivity contribution >= 4 is 5.95 Å². The summed E-state index contributed by atoms with van der Waals surface area (Å²) in [5, 5.41) is 0. The van der Waals surface area contributed by atoms with Crippen molar-refractivity contribution in [1.82, 2.24) is 9.97 Å². The molecule has 0 radical (unpaired) electrons. The average molecular weight is 262 g/mol. The number of hydrogen-bond donors (Lipinski definition) is 1. The third kappa shape index (κ3) is 3.44. The minimum atomic E-state index is 0.515. The summed E-state index contributed by atoms with van der Waals surface area (Å²) in [6, 6.07) is 0. The van der Waals surface area contributed by atoms with Gasteiger partial charge in [-0.15, -0.1) is 0 Å². The van der Waals surface area contributed by atoms with E-state index in [-0.39, 0.29) is 0 Å². The van der Waals surface area contributed by atoms with E-state index in [0.29, 0.717) is 6.54 Å². The molecular weight excluding hydrogens is 236 g/mol. The molecule has 0 spiro atoms. The van der Waals surface area contributed by atoms with Crippen LogP contribution < -0.4 is 10.6 Å². The highest BCUT2D eigenvalue weighted by molar-refractivity contribution is 5.33. The van der Waals surface area contributed by atoms with Crippen molar-refractivity contribution in [3.05, 3.63) is 17.5 Å². The smallest absolute Gasteiger partial charge is 0.225 e. The summed E-state index contributed by atoms with van der Waals surface area (Å²) in [6.07, 6.45) is 5.69. The third-order valence-corrected chi connectivity index (χ3v) is 4.29. The van der Waals surface area contributed by atoms with Gasteiger partial charge in [0, 0.05) is 37.1 Å². The Morgan fingerprint density at radius 3 is 2.79 bits per heavy atom. The Hall–Kier alpha value is -1.16. The van der Waals surface area contributed by atoms with Gasteiger partial charge in [0.05, 0.1) is 0 Å². The summed E-state index contributed by atoms with van der Waals surface area (Å²) in [5.74, 6) is 2.50. The van der Waals surface area contributed by atoms with Crippen molar-refractivity contribution in [3.8, 4) is 0 Å². The van der Waals surface area contributed by atoms with Crippen LogP contribution >= 0.6 is 0 Å². The van der Waals surface area contributed by atoms with Gasteiger partial charge in [0.15, 0.2) is 0 Å². The van der Waals surface area contributed by atoms with E-state index in [1.54, 1.807) is 0 Å². The van der Waals surface area contributed by atoms with Crippen LogP contribution in [0.25, 0.3) is 0 Å². The van der Waals surface area contributed by atoms with Crippen LogP contribution in [0.15, 0.2) is 6.20 Å². The lowest BCUT2D eigenvalue weighted by molar-refractivity contribution is 0.351. The van der Waals surface area contributed by atoms with Crippen LogP contribution in [-0.4, -0.2) is 23.1 Å². The lowest BCUT2D eigenvalue weighted by Crippen LogP contribution is -2.27. The summed E-state index contributed by atoms with van der Waals surface area (Å²) in [6.45, 7) is 9.34. The van der Waals surface area contributed by atoms with E-state index in [4.69, 9.17) is 5.73 Å². The molecule has 1 unspecified atom stereocenters. The van der Waals surface area contributed by atoms with Crippen molar-refractivity contribution in [2.75, 3.05) is 18.0 Å². The van der Waals surface area contributed by atoms with Gasteiger partial charge in [0.1, 0.15) is 0 Å². The van der Waals surface area contributed by atoms with Crippen molar-refractivity contribution in [2.24, 2.45) is 17.6 Å². The second kappa shape index (κ2) is 6.33. The second-order valence-corrected chi connectivity index (χ2v) is 5.91. The van der Waals surface area contributed by atoms with Gasteiger partial charge < -0.3 is 10.6 Å². The Labute approximate surface area is 116 Å². The van der Waals surface area contributed by atoms with Gasteiger partial charge >= 0.3 is 0 Å². The molecule has 1 aliphatic heterocycles. The maximum absolute atomic E-state index is 5.66. The highest BCUT2D eigenvalue weighted by Gasteiger charge is 2.21. The van der Waals surface area contributed by atoms with Crippen LogP contribution in [0.2, 0.25) is 0 Å². The van der Waals surface area contributed by atoms with Gasteiger partial charge in [-0.1, -0.05) is 13.8 Å². The molecule has 0 aromatic carbocycles. The third-order valence-electron chi connectivity index (χ3n) is 4.29. The maximum Gasteiger partial charge on any atom is 0.225 e. The number of aromatic nitrogens is 2. The highest BCUT2D eigenvalue weighted by atomic mass is 15.2. The monoisotopic (exact) mass is 262 g/mol. The first-order chi connectivity index (χ1) is 9.11. The maximum atomic E-state index is 5.66. The number of nitrogens with zero attached hydrogens (tertiary/aromatic N) is 3. The summed E-state index contributed by atoms with van der Waals surface area (Å²) in [7, 11) is 0. The van der Waals surface area contributed by atoms with E-state index in [1.807, 2.05) is 13.1 Å². The highest BCUT2D eigenvalue weighted by Crippen LogP contribution is 2.26. The van der Waals surface area contributed by atoms with E-state index < -0.39 is 0 Å². The fraction of sp³-hybridized carbons (Fsp3) is 0.733. The number of rotatable bonds is 3. The summed E-state index contributed by atoms with van der Waals surface area (Å²) in [5.41, 5.74) is 7.71. The molecule has 2 rings (SSSR count). The Morgan fingerprint density at radius 1 is 1.37 bits per heavy atom. The molecule has 19 heavy (non-hydrogen) atoms. The molecule has 1 saturated heterocycles. The fourth-order valence-electron chi connectivity index (χ4n) is 2.82. The SMILES string of the molecule is Cc1nc(N2CCCC(C(C)C)CC2)ncc1CN. The van der Waals surface area contributed by atoms with E-state index in [0.717, 1.165) is 42.1 Å². The van der Waals surface area contributed by atoms with E-state index in [1.165, 1.54) is 19.3 Å². The van der Waals surface area contributed by atoms with Gasteiger partial charge in [0.25, 0.3) is 0 Å². The van der Waals surface area contributed by atoms with Gasteiger partial charge in [-0.2, -0.15) is 0 Å². The van der Waals surface area contributed by atoms with E-state index >= 15 is 0 Å². The Morgan fingerprint density at radius 2 is 2.16 bits per heavy atom. The largest absolute Gasteiger partial charge is 0.341 e. The predicted molar refractivity (Wildman–Crippen MR) is 79.1 cm³/mol. The molecule has 106 valence electrons. The molecule has 1 aromatic rings. The van der Waals surface area contributed by atoms with Crippen LogP contribution in [0.3, 0.4) is 0 Å². The second-order valence-electron chi connectivity index (χ2n) is 5.91. The van der Waals surface area contributed by atoms with Crippen LogP contribution in [0, 0.1) is 18.8 Å². The van der Waals surface area contributed by atoms with Crippen molar-refractivity contribution in [1.29, 1.82) is 0 Å². The lowest BCUT2D eigenvalue weighted by atomic mass is 9.89. The van der Waals surface area contributed by atoms with E-state index in [9.17, 15) is 0 Å². The van der Waals surface area contributed by atoms with Crippen LogP contribution in [0.1, 0.15) is 44.4 Å². The molecule has 2 heterocycles. The summed E-state index contributed by atoms with van der Waals surface area (Å²) >= 11 is 0. The number of aryl methyl sites for hydroxylation is 1. The molecule has 0 saturated carbocycles. The molecule has 1 aromatic heterocycles. The number of hydrogen-bond acceptors (Lipinski definition) is 4. The normalized spacial score (nSPS) is 20.7. The number of nitrogens with two attached hydrogens (primary N) is 1. The zero-order valence-electron chi connectivity index (χ0n) is 12.4. The minimum absolute atomic E-state index is 0.515. The molecule has 4 heteroatoms. The van der Waals surface area contributed by atoms with Gasteiger partial charge in [0.2, 0.25) is 5.95 Å². The summed E-state index contributed by atoms with van der Waals surface area (Å²) < 4.78 is 0. The first-order valence-electron chi connectivity index (χ1n) is 7.39. The average Bonchev–Trinajstić information content (AvgIpc) is 2.64. The summed E-state index contributed by atoms with van der Waals surface area (Å²) in [4.78, 5) is 11.4. The number of anilines is 1. The molecule has 0 aliphatic carbocycles. The van der Waals surface area contributed by atoms with Gasteiger partial charge in [-0.25, -0.2) is 9.97 Å². The predicted octanol–water partition coefficient (Wildman–Crippen LogP) is 2.51. The Balaban J connectivity index is 2.08. The zero-order valence-corrected chi connectivity index (χ0v) is 12.4. The van der Waals surface area contributed by atoms with E-state index in [2.05, 4.69) is 28.7 Å². The molecule has 0 bridgehead atoms. The quantitative estimate of drug-likeness (QED) is 0.909. The molecular formula is C15H26N4. The van der Waals surface area contributed by atoms with Crippen LogP contribution in [0.5, 0.6) is 0 Å². The molecule has 4 nitrogen and oxygen atoms in total. The lowest BCUT2D eigenvalue weighted by Gasteiger charge is -2.22. The van der Waals surface area contributed by atoms with Crippen molar-refractivity contribution < 1.29 is 0 Å².